The van der Waals surface area contributed by atoms with Crippen molar-refractivity contribution >= 4 is 28.9 Å². The van der Waals surface area contributed by atoms with Gasteiger partial charge in [-0.3, -0.25) is 4.79 Å². The molecule has 0 radical (unpaired) electrons. The lowest BCUT2D eigenvalue weighted by Crippen LogP contribution is -2.29. The highest BCUT2D eigenvalue weighted by Gasteiger charge is 2.23. The molecule has 23 heavy (non-hydrogen) atoms. The quantitative estimate of drug-likeness (QED) is 0.871. The van der Waals surface area contributed by atoms with Gasteiger partial charge in [0.15, 0.2) is 6.10 Å². The molecular weight excluding hydrogens is 317 g/mol. The molecule has 1 aliphatic rings. The van der Waals surface area contributed by atoms with Crippen molar-refractivity contribution in [3.8, 4) is 0 Å². The molecule has 1 amide bonds. The fourth-order valence-corrected chi connectivity index (χ4v) is 3.62. The molecule has 0 fully saturated rings. The van der Waals surface area contributed by atoms with Crippen LogP contribution in [0.1, 0.15) is 33.5 Å². The molecule has 0 saturated carbocycles. The molecule has 1 atom stereocenters. The van der Waals surface area contributed by atoms with Crippen LogP contribution in [-0.4, -0.2) is 18.0 Å². The first-order valence-corrected chi connectivity index (χ1v) is 8.23. The highest BCUT2D eigenvalue weighted by molar-refractivity contribution is 7.14. The Morgan fingerprint density at radius 2 is 2.00 bits per heavy atom. The van der Waals surface area contributed by atoms with Crippen LogP contribution in [0, 0.1) is 5.82 Å². The molecule has 120 valence electrons. The van der Waals surface area contributed by atoms with E-state index < -0.39 is 18.0 Å². The monoisotopic (exact) mass is 333 g/mol. The van der Waals surface area contributed by atoms with E-state index in [0.717, 1.165) is 19.3 Å². The lowest BCUT2D eigenvalue weighted by Gasteiger charge is -2.13. The number of nitrogens with one attached hydrogen (secondary N) is 1. The number of thiophene rings is 1. The predicted octanol–water partition coefficient (Wildman–Crippen LogP) is 3.56. The van der Waals surface area contributed by atoms with Gasteiger partial charge in [-0.15, -0.1) is 11.3 Å². The van der Waals surface area contributed by atoms with Crippen molar-refractivity contribution in [3.63, 3.8) is 0 Å². The number of hydrogen-bond acceptors (Lipinski definition) is 4. The summed E-state index contributed by atoms with van der Waals surface area (Å²) in [5, 5.41) is 2.59. The number of esters is 1. The molecule has 6 heteroatoms. The third-order valence-electron chi connectivity index (χ3n) is 3.71. The number of carbonyl (C=O) groups excluding carboxylic acids is 2. The number of rotatable bonds is 4. The molecule has 0 unspecified atom stereocenters. The van der Waals surface area contributed by atoms with Gasteiger partial charge in [0, 0.05) is 10.6 Å². The molecule has 2 aromatic rings. The average Bonchev–Trinajstić information content (AvgIpc) is 3.10. The maximum atomic E-state index is 12.8. The normalized spacial score (nSPS) is 14.2. The molecule has 1 aromatic heterocycles. The summed E-state index contributed by atoms with van der Waals surface area (Å²) in [5.74, 6) is -1.31. The largest absolute Gasteiger partial charge is 0.448 e. The zero-order valence-corrected chi connectivity index (χ0v) is 13.4. The van der Waals surface area contributed by atoms with E-state index in [2.05, 4.69) is 5.32 Å². The van der Waals surface area contributed by atoms with Crippen molar-refractivity contribution in [2.75, 3.05) is 5.32 Å². The van der Waals surface area contributed by atoms with Crippen molar-refractivity contribution in [1.82, 2.24) is 0 Å². The number of fused-ring (bicyclic) bond motifs is 1. The Labute approximate surface area is 137 Å². The Kier molecular flexibility index (Phi) is 4.43. The van der Waals surface area contributed by atoms with Crippen LogP contribution in [0.25, 0.3) is 0 Å². The van der Waals surface area contributed by atoms with Crippen LogP contribution >= 0.6 is 11.3 Å². The molecule has 4 nitrogen and oxygen atoms in total. The van der Waals surface area contributed by atoms with Gasteiger partial charge in [0.25, 0.3) is 5.91 Å². The van der Waals surface area contributed by atoms with Crippen LogP contribution in [0.3, 0.4) is 0 Å². The topological polar surface area (TPSA) is 55.4 Å². The first-order chi connectivity index (χ1) is 11.0. The summed E-state index contributed by atoms with van der Waals surface area (Å²) in [4.78, 5) is 25.9. The number of ether oxygens (including phenoxy) is 1. The number of hydrogen-bond donors (Lipinski definition) is 1. The zero-order valence-electron chi connectivity index (χ0n) is 12.6. The minimum atomic E-state index is -0.926. The van der Waals surface area contributed by atoms with Gasteiger partial charge in [0.05, 0.1) is 0 Å². The van der Waals surface area contributed by atoms with Crippen LogP contribution < -0.4 is 5.32 Å². The van der Waals surface area contributed by atoms with Gasteiger partial charge in [0.1, 0.15) is 10.7 Å². The summed E-state index contributed by atoms with van der Waals surface area (Å²) in [6.07, 6.45) is 2.21. The fraction of sp³-hybridized carbons (Fsp3) is 0.294. The van der Waals surface area contributed by atoms with E-state index in [1.54, 1.807) is 0 Å². The lowest BCUT2D eigenvalue weighted by molar-refractivity contribution is -0.123. The minimum Gasteiger partial charge on any atom is -0.448 e. The third-order valence-corrected chi connectivity index (χ3v) is 4.93. The van der Waals surface area contributed by atoms with E-state index in [0.29, 0.717) is 10.6 Å². The van der Waals surface area contributed by atoms with E-state index in [4.69, 9.17) is 4.74 Å². The van der Waals surface area contributed by atoms with Crippen LogP contribution in [0.2, 0.25) is 0 Å². The van der Waals surface area contributed by atoms with E-state index >= 15 is 0 Å². The van der Waals surface area contributed by atoms with Crippen molar-refractivity contribution in [1.29, 1.82) is 0 Å². The summed E-state index contributed by atoms with van der Waals surface area (Å²) in [6.45, 7) is 1.51. The molecule has 1 heterocycles. The second-order valence-electron chi connectivity index (χ2n) is 5.46. The smallest absolute Gasteiger partial charge is 0.349 e. The van der Waals surface area contributed by atoms with E-state index in [1.165, 1.54) is 53.0 Å². The highest BCUT2D eigenvalue weighted by atomic mass is 32.1. The Balaban J connectivity index is 1.58. The number of aryl methyl sites for hydroxylation is 2. The number of anilines is 1. The number of carbonyl (C=O) groups is 2. The van der Waals surface area contributed by atoms with E-state index in [1.807, 2.05) is 6.07 Å². The molecule has 1 N–H and O–H groups in total. The van der Waals surface area contributed by atoms with Gasteiger partial charge in [-0.05, 0) is 62.1 Å². The molecular formula is C17H16FNO3S. The SMILES string of the molecule is C[C@H](OC(=O)c1cc2c(s1)CCC2)C(=O)Nc1ccc(F)cc1. The first-order valence-electron chi connectivity index (χ1n) is 7.42. The molecule has 0 spiro atoms. The lowest BCUT2D eigenvalue weighted by atomic mass is 10.2. The molecule has 1 aliphatic carbocycles. The summed E-state index contributed by atoms with van der Waals surface area (Å²) in [6, 6.07) is 7.26. The maximum absolute atomic E-state index is 12.8. The predicted molar refractivity (Wildman–Crippen MR) is 86.3 cm³/mol. The second kappa shape index (κ2) is 6.50. The number of halogens is 1. The van der Waals surface area contributed by atoms with Crippen molar-refractivity contribution in [3.05, 3.63) is 51.5 Å². The van der Waals surface area contributed by atoms with Gasteiger partial charge in [-0.25, -0.2) is 9.18 Å². The third kappa shape index (κ3) is 3.59. The minimum absolute atomic E-state index is 0.381. The number of amides is 1. The Morgan fingerprint density at radius 3 is 2.70 bits per heavy atom. The van der Waals surface area contributed by atoms with Crippen LogP contribution in [0.5, 0.6) is 0 Å². The second-order valence-corrected chi connectivity index (χ2v) is 6.59. The Bertz CT molecular complexity index is 717. The van der Waals surface area contributed by atoms with Crippen molar-refractivity contribution in [2.24, 2.45) is 0 Å². The summed E-state index contributed by atoms with van der Waals surface area (Å²) in [5.41, 5.74) is 1.67. The zero-order chi connectivity index (χ0) is 16.4. The Morgan fingerprint density at radius 1 is 1.26 bits per heavy atom. The van der Waals surface area contributed by atoms with Crippen LogP contribution in [0.4, 0.5) is 10.1 Å². The van der Waals surface area contributed by atoms with Gasteiger partial charge < -0.3 is 10.1 Å². The molecule has 0 aliphatic heterocycles. The first kappa shape index (κ1) is 15.7. The Hall–Kier alpha value is -2.21. The van der Waals surface area contributed by atoms with E-state index in [-0.39, 0.29) is 5.82 Å². The van der Waals surface area contributed by atoms with E-state index in [9.17, 15) is 14.0 Å². The van der Waals surface area contributed by atoms with Gasteiger partial charge in [-0.1, -0.05) is 0 Å². The van der Waals surface area contributed by atoms with Gasteiger partial charge >= 0.3 is 5.97 Å². The number of benzene rings is 1. The molecule has 3 rings (SSSR count). The molecule has 1 aromatic carbocycles. The fourth-order valence-electron chi connectivity index (χ4n) is 2.48. The van der Waals surface area contributed by atoms with Crippen LogP contribution in [-0.2, 0) is 22.4 Å². The van der Waals surface area contributed by atoms with Crippen molar-refractivity contribution < 1.29 is 18.7 Å². The molecule has 0 saturated heterocycles. The summed E-state index contributed by atoms with van der Waals surface area (Å²) < 4.78 is 18.0. The maximum Gasteiger partial charge on any atom is 0.349 e. The summed E-state index contributed by atoms with van der Waals surface area (Å²) in [7, 11) is 0. The van der Waals surface area contributed by atoms with Crippen molar-refractivity contribution in [2.45, 2.75) is 32.3 Å². The molecule has 0 bridgehead atoms. The van der Waals surface area contributed by atoms with Gasteiger partial charge in [-0.2, -0.15) is 0 Å². The van der Waals surface area contributed by atoms with Gasteiger partial charge in [0.2, 0.25) is 0 Å². The summed E-state index contributed by atoms with van der Waals surface area (Å²) >= 11 is 1.44. The van der Waals surface area contributed by atoms with Crippen LogP contribution in [0.15, 0.2) is 30.3 Å². The average molecular weight is 333 g/mol. The standard InChI is InChI=1S/C17H16FNO3S/c1-10(16(20)19-13-7-5-12(18)6-8-13)22-17(21)15-9-11-3-2-4-14(11)23-15/h5-10H,2-4H2,1H3,(H,19,20)/t10-/m0/s1. The highest BCUT2D eigenvalue weighted by Crippen LogP contribution is 2.31.